The van der Waals surface area contributed by atoms with Crippen molar-refractivity contribution in [2.45, 2.75) is 27.7 Å². The summed E-state index contributed by atoms with van der Waals surface area (Å²) in [6, 6.07) is 8.77. The van der Waals surface area contributed by atoms with Gasteiger partial charge in [0.2, 0.25) is 0 Å². The molecule has 1 aliphatic rings. The molecule has 1 aliphatic heterocycles. The molecule has 1 heteroatoms. The van der Waals surface area contributed by atoms with Crippen molar-refractivity contribution in [2.24, 2.45) is 5.41 Å². The minimum absolute atomic E-state index is 0.168. The minimum atomic E-state index is -0.168. The predicted octanol–water partition coefficient (Wildman–Crippen LogP) is 4.15. The van der Waals surface area contributed by atoms with E-state index in [0.29, 0.717) is 5.41 Å². The van der Waals surface area contributed by atoms with Crippen LogP contribution in [0.3, 0.4) is 0 Å². The molecule has 0 aliphatic carbocycles. The van der Waals surface area contributed by atoms with Gasteiger partial charge >= 0.3 is 109 Å². The van der Waals surface area contributed by atoms with Crippen LogP contribution in [0.15, 0.2) is 34.0 Å². The van der Waals surface area contributed by atoms with E-state index in [4.69, 9.17) is 0 Å². The van der Waals surface area contributed by atoms with Crippen molar-refractivity contribution < 1.29 is 0 Å². The van der Waals surface area contributed by atoms with Gasteiger partial charge in [-0.05, 0) is 0 Å². The van der Waals surface area contributed by atoms with Crippen molar-refractivity contribution in [3.8, 4) is 0 Å². The second-order valence-electron chi connectivity index (χ2n) is 5.10. The van der Waals surface area contributed by atoms with Crippen LogP contribution in [0.1, 0.15) is 38.8 Å². The number of hydrogen-bond acceptors (Lipinski definition) is 0. The molecule has 0 bridgehead atoms. The second-order valence-corrected chi connectivity index (χ2v) is 8.19. The summed E-state index contributed by atoms with van der Waals surface area (Å²) in [7, 11) is 0. The van der Waals surface area contributed by atoms with Crippen LogP contribution in [0, 0.1) is 5.41 Å². The number of fused-ring (bicyclic) bond motifs is 1. The van der Waals surface area contributed by atoms with E-state index in [1.165, 1.54) is 11.1 Å². The summed E-state index contributed by atoms with van der Waals surface area (Å²) in [5.74, 6) is 0. The molecule has 0 unspecified atom stereocenters. The number of benzene rings is 1. The van der Waals surface area contributed by atoms with Gasteiger partial charge in [0.15, 0.2) is 0 Å². The fraction of sp³-hybridized carbons (Fsp3) is 0.333. The van der Waals surface area contributed by atoms with Gasteiger partial charge in [0.1, 0.15) is 0 Å². The van der Waals surface area contributed by atoms with Crippen molar-refractivity contribution in [1.82, 2.24) is 0 Å². The molecule has 0 aromatic heterocycles. The molecule has 1 heterocycles. The van der Waals surface area contributed by atoms with Crippen molar-refractivity contribution in [3.63, 3.8) is 0 Å². The molecule has 1 aromatic rings. The Bertz CT molecular complexity index is 459. The molecule has 0 amide bonds. The predicted molar refractivity (Wildman–Crippen MR) is 73.3 cm³/mol. The normalized spacial score (nSPS) is 18.2. The summed E-state index contributed by atoms with van der Waals surface area (Å²) in [6.07, 6.45) is 4.73. The zero-order chi connectivity index (χ0) is 11.8. The number of allylic oxidation sites excluding steroid dienone is 2. The summed E-state index contributed by atoms with van der Waals surface area (Å²) in [6.45, 7) is 9.14. The van der Waals surface area contributed by atoms with Gasteiger partial charge in [-0.25, -0.2) is 0 Å². The molecule has 84 valence electrons. The standard InChI is InChI=1S/C15H18Te/c1-5-13-12-9-7-6-8-11(12)10-14(16-13)15(2,3)4/h5-10H,1-4H3/b13-5-. The molecule has 2 rings (SSSR count). The van der Waals surface area contributed by atoms with Gasteiger partial charge in [-0.3, -0.25) is 0 Å². The molecule has 0 spiro atoms. The molecule has 0 saturated carbocycles. The fourth-order valence-electron chi connectivity index (χ4n) is 1.78. The maximum absolute atomic E-state index is 2.42. The molecule has 0 atom stereocenters. The van der Waals surface area contributed by atoms with Gasteiger partial charge in [-0.1, -0.05) is 0 Å². The van der Waals surface area contributed by atoms with E-state index in [2.05, 4.69) is 64.1 Å². The van der Waals surface area contributed by atoms with Gasteiger partial charge in [0.05, 0.1) is 0 Å². The van der Waals surface area contributed by atoms with Crippen LogP contribution in [0.25, 0.3) is 9.70 Å². The van der Waals surface area contributed by atoms with Gasteiger partial charge in [0.25, 0.3) is 0 Å². The first-order chi connectivity index (χ1) is 7.52. The van der Waals surface area contributed by atoms with Gasteiger partial charge in [-0.2, -0.15) is 0 Å². The number of rotatable bonds is 0. The van der Waals surface area contributed by atoms with E-state index in [9.17, 15) is 0 Å². The van der Waals surface area contributed by atoms with Crippen LogP contribution in [-0.4, -0.2) is 20.9 Å². The van der Waals surface area contributed by atoms with Crippen LogP contribution in [-0.2, 0) is 0 Å². The molecular weight excluding hydrogens is 308 g/mol. The summed E-state index contributed by atoms with van der Waals surface area (Å²) < 4.78 is 3.25. The van der Waals surface area contributed by atoms with Crippen LogP contribution in [0.5, 0.6) is 0 Å². The molecule has 0 nitrogen and oxygen atoms in total. The first-order valence-corrected chi connectivity index (χ1v) is 8.01. The van der Waals surface area contributed by atoms with Gasteiger partial charge in [-0.15, -0.1) is 0 Å². The Balaban J connectivity index is 2.56. The first kappa shape index (κ1) is 12.0. The van der Waals surface area contributed by atoms with E-state index < -0.39 is 0 Å². The molecule has 0 saturated heterocycles. The van der Waals surface area contributed by atoms with E-state index in [1.54, 1.807) is 7.24 Å². The number of hydrogen-bond donors (Lipinski definition) is 0. The summed E-state index contributed by atoms with van der Waals surface area (Å²) in [4.78, 5) is 0. The Hall–Kier alpha value is -0.510. The summed E-state index contributed by atoms with van der Waals surface area (Å²) in [5.41, 5.74) is 3.18. The van der Waals surface area contributed by atoms with Crippen molar-refractivity contribution >= 4 is 30.6 Å². The van der Waals surface area contributed by atoms with Gasteiger partial charge < -0.3 is 0 Å². The van der Waals surface area contributed by atoms with Gasteiger partial charge in [0, 0.05) is 0 Å². The molecular formula is C15H18Te. The molecule has 1 aromatic carbocycles. The molecule has 16 heavy (non-hydrogen) atoms. The average molecular weight is 326 g/mol. The van der Waals surface area contributed by atoms with E-state index >= 15 is 0 Å². The topological polar surface area (TPSA) is 0 Å². The Morgan fingerprint density at radius 2 is 1.81 bits per heavy atom. The van der Waals surface area contributed by atoms with E-state index in [1.807, 2.05) is 0 Å². The Kier molecular flexibility index (Phi) is 3.29. The third-order valence-corrected chi connectivity index (χ3v) is 7.37. The van der Waals surface area contributed by atoms with Crippen LogP contribution >= 0.6 is 0 Å². The van der Waals surface area contributed by atoms with Crippen LogP contribution in [0.2, 0.25) is 0 Å². The zero-order valence-corrected chi connectivity index (χ0v) is 12.7. The molecule has 0 N–H and O–H groups in total. The molecule has 0 fully saturated rings. The zero-order valence-electron chi connectivity index (χ0n) is 10.4. The second kappa shape index (κ2) is 4.40. The van der Waals surface area contributed by atoms with Crippen molar-refractivity contribution in [3.05, 3.63) is 45.1 Å². The maximum atomic E-state index is 2.42. The van der Waals surface area contributed by atoms with Crippen molar-refractivity contribution in [1.29, 1.82) is 0 Å². The SMILES string of the molecule is C/C=C1\[Te]C(C(C)(C)C)=Cc2ccccc21. The summed E-state index contributed by atoms with van der Waals surface area (Å²) in [5, 5.41) is 0. The van der Waals surface area contributed by atoms with Crippen molar-refractivity contribution in [2.75, 3.05) is 0 Å². The van der Waals surface area contributed by atoms with Crippen LogP contribution in [0.4, 0.5) is 0 Å². The van der Waals surface area contributed by atoms with E-state index in [-0.39, 0.29) is 20.9 Å². The van der Waals surface area contributed by atoms with Crippen LogP contribution < -0.4 is 0 Å². The molecule has 0 radical (unpaired) electrons. The fourth-order valence-corrected chi connectivity index (χ4v) is 5.04. The Labute approximate surface area is 109 Å². The third kappa shape index (κ3) is 2.26. The third-order valence-electron chi connectivity index (χ3n) is 2.73. The average Bonchev–Trinajstić information content (AvgIpc) is 2.26. The first-order valence-electron chi connectivity index (χ1n) is 5.68. The monoisotopic (exact) mass is 328 g/mol. The van der Waals surface area contributed by atoms with E-state index in [0.717, 1.165) is 0 Å². The Morgan fingerprint density at radius 3 is 2.44 bits per heavy atom. The summed E-state index contributed by atoms with van der Waals surface area (Å²) >= 11 is -0.168. The Morgan fingerprint density at radius 1 is 1.12 bits per heavy atom. The quantitative estimate of drug-likeness (QED) is 0.629.